The Bertz CT molecular complexity index is 466. The number of benzene rings is 1. The summed E-state index contributed by atoms with van der Waals surface area (Å²) < 4.78 is 5.53. The van der Waals surface area contributed by atoms with Gasteiger partial charge in [0.1, 0.15) is 0 Å². The maximum atomic E-state index is 5.53. The van der Waals surface area contributed by atoms with Crippen LogP contribution in [0.3, 0.4) is 0 Å². The lowest BCUT2D eigenvalue weighted by Crippen LogP contribution is -2.32. The van der Waals surface area contributed by atoms with E-state index in [0.29, 0.717) is 11.5 Å². The molecule has 1 aliphatic heterocycles. The molecule has 0 amide bonds. The van der Waals surface area contributed by atoms with Crippen LogP contribution in [0.4, 0.5) is 0 Å². The average Bonchev–Trinajstić information content (AvgIpc) is 2.97. The molecule has 0 bridgehead atoms. The summed E-state index contributed by atoms with van der Waals surface area (Å²) in [5.74, 6) is 0.734. The van der Waals surface area contributed by atoms with Crippen molar-refractivity contribution in [2.24, 2.45) is 11.3 Å². The first-order valence-corrected chi connectivity index (χ1v) is 7.48. The van der Waals surface area contributed by atoms with E-state index >= 15 is 0 Å². The van der Waals surface area contributed by atoms with E-state index in [1.54, 1.807) is 0 Å². The van der Waals surface area contributed by atoms with Crippen LogP contribution in [0.25, 0.3) is 0 Å². The second-order valence-electron chi connectivity index (χ2n) is 6.77. The number of nitrogens with one attached hydrogen (secondary N) is 1. The summed E-state index contributed by atoms with van der Waals surface area (Å²) in [4.78, 5) is 0. The second-order valence-corrected chi connectivity index (χ2v) is 6.77. The Kier molecular flexibility index (Phi) is 3.40. The van der Waals surface area contributed by atoms with Crippen molar-refractivity contribution >= 4 is 0 Å². The van der Waals surface area contributed by atoms with Crippen LogP contribution in [0.2, 0.25) is 0 Å². The molecule has 2 atom stereocenters. The van der Waals surface area contributed by atoms with Crippen LogP contribution in [0.15, 0.2) is 18.2 Å². The minimum atomic E-state index is 0.448. The Labute approximate surface area is 116 Å². The highest BCUT2D eigenvalue weighted by atomic mass is 16.5. The molecule has 1 aliphatic carbocycles. The predicted molar refractivity (Wildman–Crippen MR) is 77.9 cm³/mol. The summed E-state index contributed by atoms with van der Waals surface area (Å²) in [5.41, 5.74) is 4.63. The summed E-state index contributed by atoms with van der Waals surface area (Å²) in [5, 5.41) is 3.57. The lowest BCUT2D eigenvalue weighted by Gasteiger charge is -2.34. The van der Waals surface area contributed by atoms with E-state index in [1.807, 2.05) is 0 Å². The zero-order valence-electron chi connectivity index (χ0n) is 12.3. The number of fused-ring (bicyclic) bond motifs is 1. The average molecular weight is 259 g/mol. The Morgan fingerprint density at radius 3 is 2.74 bits per heavy atom. The van der Waals surface area contributed by atoms with Gasteiger partial charge in [0.05, 0.1) is 13.2 Å². The van der Waals surface area contributed by atoms with Crippen molar-refractivity contribution in [1.29, 1.82) is 0 Å². The standard InChI is InChI=1S/C17H25NO/c1-17(2)8-4-5-15(17)16(18-3)12-6-7-13-10-19-11-14(13)9-12/h6-7,9,15-16,18H,4-5,8,10-11H2,1-3H3. The zero-order valence-corrected chi connectivity index (χ0v) is 12.3. The van der Waals surface area contributed by atoms with Crippen molar-refractivity contribution < 1.29 is 4.74 Å². The molecule has 0 saturated heterocycles. The van der Waals surface area contributed by atoms with Crippen LogP contribution in [-0.2, 0) is 18.0 Å². The van der Waals surface area contributed by atoms with Crippen molar-refractivity contribution in [2.45, 2.75) is 52.4 Å². The zero-order chi connectivity index (χ0) is 13.5. The van der Waals surface area contributed by atoms with Gasteiger partial charge >= 0.3 is 0 Å². The van der Waals surface area contributed by atoms with Crippen LogP contribution in [0.1, 0.15) is 55.8 Å². The quantitative estimate of drug-likeness (QED) is 0.891. The molecule has 0 aromatic heterocycles. The monoisotopic (exact) mass is 259 g/mol. The van der Waals surface area contributed by atoms with Crippen molar-refractivity contribution in [3.8, 4) is 0 Å². The largest absolute Gasteiger partial charge is 0.372 e. The highest BCUT2D eigenvalue weighted by Crippen LogP contribution is 2.48. The molecule has 0 spiro atoms. The number of hydrogen-bond acceptors (Lipinski definition) is 2. The number of rotatable bonds is 3. The molecule has 1 fully saturated rings. The summed E-state index contributed by atoms with van der Waals surface area (Å²) in [7, 11) is 2.10. The van der Waals surface area contributed by atoms with Crippen molar-refractivity contribution in [2.75, 3.05) is 7.05 Å². The van der Waals surface area contributed by atoms with E-state index in [1.165, 1.54) is 36.0 Å². The fourth-order valence-electron chi connectivity index (χ4n) is 3.96. The molecule has 104 valence electrons. The third kappa shape index (κ3) is 2.32. The van der Waals surface area contributed by atoms with Crippen molar-refractivity contribution in [3.05, 3.63) is 34.9 Å². The van der Waals surface area contributed by atoms with E-state index in [9.17, 15) is 0 Å². The lowest BCUT2D eigenvalue weighted by atomic mass is 9.75. The van der Waals surface area contributed by atoms with Gasteiger partial charge in [0, 0.05) is 6.04 Å². The van der Waals surface area contributed by atoms with Gasteiger partial charge < -0.3 is 10.1 Å². The first kappa shape index (κ1) is 13.1. The molecular weight excluding hydrogens is 234 g/mol. The summed E-state index contributed by atoms with van der Waals surface area (Å²) >= 11 is 0. The third-order valence-electron chi connectivity index (χ3n) is 5.16. The number of hydrogen-bond donors (Lipinski definition) is 1. The highest BCUT2D eigenvalue weighted by Gasteiger charge is 2.39. The fraction of sp³-hybridized carbons (Fsp3) is 0.647. The molecular formula is C17H25NO. The maximum Gasteiger partial charge on any atom is 0.0725 e. The van der Waals surface area contributed by atoms with Gasteiger partial charge in [0.15, 0.2) is 0 Å². The van der Waals surface area contributed by atoms with Gasteiger partial charge in [-0.1, -0.05) is 38.5 Å². The third-order valence-corrected chi connectivity index (χ3v) is 5.16. The Morgan fingerprint density at radius 2 is 2.05 bits per heavy atom. The first-order valence-electron chi connectivity index (χ1n) is 7.48. The molecule has 1 aromatic rings. The molecule has 1 aromatic carbocycles. The van der Waals surface area contributed by atoms with Crippen molar-refractivity contribution in [3.63, 3.8) is 0 Å². The van der Waals surface area contributed by atoms with Crippen molar-refractivity contribution in [1.82, 2.24) is 5.32 Å². The summed E-state index contributed by atoms with van der Waals surface area (Å²) in [6.07, 6.45) is 4.06. The van der Waals surface area contributed by atoms with Crippen LogP contribution in [0, 0.1) is 11.3 Å². The molecule has 1 N–H and O–H groups in total. The van der Waals surface area contributed by atoms with E-state index in [2.05, 4.69) is 44.4 Å². The molecule has 2 unspecified atom stereocenters. The Morgan fingerprint density at radius 1 is 1.26 bits per heavy atom. The second kappa shape index (κ2) is 4.92. The minimum absolute atomic E-state index is 0.448. The van der Waals surface area contributed by atoms with E-state index in [0.717, 1.165) is 19.1 Å². The molecule has 0 radical (unpaired) electrons. The minimum Gasteiger partial charge on any atom is -0.372 e. The predicted octanol–water partition coefficient (Wildman–Crippen LogP) is 3.80. The number of ether oxygens (including phenoxy) is 1. The van der Waals surface area contributed by atoms with Gasteiger partial charge in [-0.15, -0.1) is 0 Å². The fourth-order valence-corrected chi connectivity index (χ4v) is 3.96. The first-order chi connectivity index (χ1) is 9.12. The van der Waals surface area contributed by atoms with Gasteiger partial charge in [-0.2, -0.15) is 0 Å². The van der Waals surface area contributed by atoms with E-state index < -0.39 is 0 Å². The molecule has 2 aliphatic rings. The normalized spacial score (nSPS) is 26.4. The van der Waals surface area contributed by atoms with Crippen LogP contribution >= 0.6 is 0 Å². The van der Waals surface area contributed by atoms with Crippen LogP contribution in [0.5, 0.6) is 0 Å². The molecule has 2 nitrogen and oxygen atoms in total. The topological polar surface area (TPSA) is 21.3 Å². The maximum absolute atomic E-state index is 5.53. The molecule has 2 heteroatoms. The van der Waals surface area contributed by atoms with Gasteiger partial charge in [0.2, 0.25) is 0 Å². The molecule has 3 rings (SSSR count). The lowest BCUT2D eigenvalue weighted by molar-refractivity contribution is 0.134. The van der Waals surface area contributed by atoms with Crippen LogP contribution < -0.4 is 5.32 Å². The molecule has 1 saturated carbocycles. The molecule has 19 heavy (non-hydrogen) atoms. The Hall–Kier alpha value is -0.860. The van der Waals surface area contributed by atoms with Gasteiger partial charge in [0.25, 0.3) is 0 Å². The van der Waals surface area contributed by atoms with E-state index in [4.69, 9.17) is 4.74 Å². The smallest absolute Gasteiger partial charge is 0.0725 e. The van der Waals surface area contributed by atoms with Crippen LogP contribution in [-0.4, -0.2) is 7.05 Å². The highest BCUT2D eigenvalue weighted by molar-refractivity contribution is 5.35. The summed E-state index contributed by atoms with van der Waals surface area (Å²) in [6, 6.07) is 7.38. The van der Waals surface area contributed by atoms with Gasteiger partial charge in [-0.05, 0) is 47.9 Å². The Balaban J connectivity index is 1.90. The molecule has 1 heterocycles. The van der Waals surface area contributed by atoms with Gasteiger partial charge in [-0.25, -0.2) is 0 Å². The van der Waals surface area contributed by atoms with E-state index in [-0.39, 0.29) is 0 Å². The van der Waals surface area contributed by atoms with Gasteiger partial charge in [-0.3, -0.25) is 0 Å². The summed E-state index contributed by atoms with van der Waals surface area (Å²) in [6.45, 7) is 6.42. The SMILES string of the molecule is CNC(c1ccc2c(c1)COC2)C1CCCC1(C)C.